The zero-order valence-corrected chi connectivity index (χ0v) is 19.6. The number of sulfonamides is 1. The number of carbonyl (C=O) groups excluding carboxylic acids is 1. The van der Waals surface area contributed by atoms with Crippen LogP contribution < -0.4 is 14.8 Å². The van der Waals surface area contributed by atoms with Crippen molar-refractivity contribution in [2.24, 2.45) is 0 Å². The maximum Gasteiger partial charge on any atom is 0.242 e. The molecule has 2 N–H and O–H groups in total. The molecule has 3 rings (SSSR count). The molecular formula is C24H26N2O4S2. The van der Waals surface area contributed by atoms with Gasteiger partial charge in [-0.1, -0.05) is 36.4 Å². The molecule has 32 heavy (non-hydrogen) atoms. The molecule has 168 valence electrons. The number of hydrogen-bond acceptors (Lipinski definition) is 5. The standard InChI is InChI=1S/C24H26N2O4S2/c1-3-30-20-12-14-22(15-13-20)32(28,29)26-23(16-18-8-5-4-6-9-18)24(27)25-19-10-7-11-21(17-19)31-2/h4-15,17,23,26H,3,16H2,1-2H3,(H,25,27). The normalized spacial score (nSPS) is 12.2. The maximum atomic E-state index is 13.1. The van der Waals surface area contributed by atoms with Crippen LogP contribution >= 0.6 is 11.8 Å². The lowest BCUT2D eigenvalue weighted by molar-refractivity contribution is -0.117. The van der Waals surface area contributed by atoms with E-state index in [1.54, 1.807) is 30.0 Å². The Bertz CT molecular complexity index is 1130. The molecule has 0 radical (unpaired) electrons. The van der Waals surface area contributed by atoms with Gasteiger partial charge in [-0.05, 0) is 67.6 Å². The average molecular weight is 471 g/mol. The Morgan fingerprint density at radius 3 is 2.38 bits per heavy atom. The molecule has 3 aromatic rings. The van der Waals surface area contributed by atoms with Crippen LogP contribution in [0.1, 0.15) is 12.5 Å². The molecule has 0 saturated carbocycles. The van der Waals surface area contributed by atoms with E-state index in [0.29, 0.717) is 18.0 Å². The van der Waals surface area contributed by atoms with E-state index in [-0.39, 0.29) is 11.3 Å². The number of amides is 1. The highest BCUT2D eigenvalue weighted by molar-refractivity contribution is 7.98. The largest absolute Gasteiger partial charge is 0.494 e. The Morgan fingerprint density at radius 1 is 1.00 bits per heavy atom. The summed E-state index contributed by atoms with van der Waals surface area (Å²) in [4.78, 5) is 14.2. The first-order valence-corrected chi connectivity index (χ1v) is 12.9. The van der Waals surface area contributed by atoms with Crippen LogP contribution in [0.4, 0.5) is 5.69 Å². The minimum atomic E-state index is -3.93. The molecule has 0 fully saturated rings. The fourth-order valence-electron chi connectivity index (χ4n) is 3.10. The molecule has 0 heterocycles. The number of thioether (sulfide) groups is 1. The molecule has 0 bridgehead atoms. The molecule has 1 unspecified atom stereocenters. The zero-order chi connectivity index (χ0) is 23.0. The minimum absolute atomic E-state index is 0.0659. The summed E-state index contributed by atoms with van der Waals surface area (Å²) in [5, 5.41) is 2.84. The Kier molecular flexibility index (Phi) is 8.33. The van der Waals surface area contributed by atoms with Crippen molar-refractivity contribution in [2.75, 3.05) is 18.2 Å². The third-order valence-electron chi connectivity index (χ3n) is 4.68. The summed E-state index contributed by atoms with van der Waals surface area (Å²) in [6, 6.07) is 21.8. The Labute approximate surface area is 193 Å². The van der Waals surface area contributed by atoms with Gasteiger partial charge in [0.05, 0.1) is 11.5 Å². The second kappa shape index (κ2) is 11.2. The van der Waals surface area contributed by atoms with Crippen molar-refractivity contribution in [3.8, 4) is 5.75 Å². The summed E-state index contributed by atoms with van der Waals surface area (Å²) in [6.45, 7) is 2.34. The van der Waals surface area contributed by atoms with Gasteiger partial charge in [-0.25, -0.2) is 8.42 Å². The summed E-state index contributed by atoms with van der Waals surface area (Å²) in [5.41, 5.74) is 1.46. The first-order chi connectivity index (χ1) is 15.4. The number of benzene rings is 3. The number of hydrogen-bond donors (Lipinski definition) is 2. The van der Waals surface area contributed by atoms with E-state index >= 15 is 0 Å². The van der Waals surface area contributed by atoms with Crippen LogP contribution in [0, 0.1) is 0 Å². The Balaban J connectivity index is 1.83. The van der Waals surface area contributed by atoms with Crippen molar-refractivity contribution in [3.05, 3.63) is 84.4 Å². The SMILES string of the molecule is CCOc1ccc(S(=O)(=O)NC(Cc2ccccc2)C(=O)Nc2cccc(SC)c2)cc1. The summed E-state index contributed by atoms with van der Waals surface area (Å²) in [5.74, 6) is 0.153. The second-order valence-corrected chi connectivity index (χ2v) is 9.58. The van der Waals surface area contributed by atoms with E-state index in [2.05, 4.69) is 10.0 Å². The number of nitrogens with one attached hydrogen (secondary N) is 2. The number of ether oxygens (including phenoxy) is 1. The van der Waals surface area contributed by atoms with Gasteiger partial charge >= 0.3 is 0 Å². The highest BCUT2D eigenvalue weighted by Crippen LogP contribution is 2.20. The smallest absolute Gasteiger partial charge is 0.242 e. The van der Waals surface area contributed by atoms with Crippen molar-refractivity contribution < 1.29 is 17.9 Å². The van der Waals surface area contributed by atoms with Crippen LogP contribution in [-0.4, -0.2) is 33.2 Å². The molecule has 0 aromatic heterocycles. The zero-order valence-electron chi connectivity index (χ0n) is 17.9. The van der Waals surface area contributed by atoms with Crippen molar-refractivity contribution in [1.82, 2.24) is 4.72 Å². The fourth-order valence-corrected chi connectivity index (χ4v) is 4.76. The second-order valence-electron chi connectivity index (χ2n) is 6.99. The highest BCUT2D eigenvalue weighted by Gasteiger charge is 2.26. The average Bonchev–Trinajstić information content (AvgIpc) is 2.80. The maximum absolute atomic E-state index is 13.1. The number of rotatable bonds is 10. The third-order valence-corrected chi connectivity index (χ3v) is 6.89. The molecular weight excluding hydrogens is 444 g/mol. The number of anilines is 1. The fraction of sp³-hybridized carbons (Fsp3) is 0.208. The van der Waals surface area contributed by atoms with Crippen molar-refractivity contribution in [2.45, 2.75) is 29.2 Å². The van der Waals surface area contributed by atoms with Crippen molar-refractivity contribution in [1.29, 1.82) is 0 Å². The van der Waals surface area contributed by atoms with Crippen LogP contribution in [0.25, 0.3) is 0 Å². The monoisotopic (exact) mass is 470 g/mol. The first-order valence-electron chi connectivity index (χ1n) is 10.2. The topological polar surface area (TPSA) is 84.5 Å². The van der Waals surface area contributed by atoms with Gasteiger partial charge in [0.25, 0.3) is 0 Å². The lowest BCUT2D eigenvalue weighted by Gasteiger charge is -2.19. The van der Waals surface area contributed by atoms with Crippen molar-refractivity contribution in [3.63, 3.8) is 0 Å². The molecule has 8 heteroatoms. The van der Waals surface area contributed by atoms with E-state index in [1.807, 2.05) is 61.7 Å². The van der Waals surface area contributed by atoms with E-state index in [0.717, 1.165) is 10.5 Å². The molecule has 0 aliphatic rings. The summed E-state index contributed by atoms with van der Waals surface area (Å²) >= 11 is 1.56. The molecule has 6 nitrogen and oxygen atoms in total. The summed E-state index contributed by atoms with van der Waals surface area (Å²) in [7, 11) is -3.93. The summed E-state index contributed by atoms with van der Waals surface area (Å²) in [6.07, 6.45) is 2.16. The molecule has 3 aromatic carbocycles. The van der Waals surface area contributed by atoms with Gasteiger partial charge in [0.15, 0.2) is 0 Å². The van der Waals surface area contributed by atoms with E-state index in [9.17, 15) is 13.2 Å². The predicted octanol–water partition coefficient (Wildman–Crippen LogP) is 4.34. The van der Waals surface area contributed by atoms with Gasteiger partial charge in [-0.2, -0.15) is 4.72 Å². The van der Waals surface area contributed by atoms with Gasteiger partial charge in [0, 0.05) is 10.6 Å². The molecule has 0 saturated heterocycles. The van der Waals surface area contributed by atoms with Gasteiger partial charge in [0.2, 0.25) is 15.9 Å². The minimum Gasteiger partial charge on any atom is -0.494 e. The lowest BCUT2D eigenvalue weighted by atomic mass is 10.1. The predicted molar refractivity (Wildman–Crippen MR) is 129 cm³/mol. The van der Waals surface area contributed by atoms with E-state index in [1.165, 1.54) is 12.1 Å². The highest BCUT2D eigenvalue weighted by atomic mass is 32.2. The van der Waals surface area contributed by atoms with E-state index < -0.39 is 22.0 Å². The van der Waals surface area contributed by atoms with Gasteiger partial charge in [-0.3, -0.25) is 4.79 Å². The van der Waals surface area contributed by atoms with Gasteiger partial charge in [0.1, 0.15) is 11.8 Å². The summed E-state index contributed by atoms with van der Waals surface area (Å²) < 4.78 is 34.0. The van der Waals surface area contributed by atoms with Gasteiger partial charge < -0.3 is 10.1 Å². The van der Waals surface area contributed by atoms with Crippen LogP contribution in [0.15, 0.2) is 88.7 Å². The van der Waals surface area contributed by atoms with Crippen LogP contribution in [0.3, 0.4) is 0 Å². The molecule has 0 aliphatic carbocycles. The molecule has 0 spiro atoms. The lowest BCUT2D eigenvalue weighted by Crippen LogP contribution is -2.45. The van der Waals surface area contributed by atoms with Gasteiger partial charge in [-0.15, -0.1) is 11.8 Å². The van der Waals surface area contributed by atoms with Crippen LogP contribution in [-0.2, 0) is 21.2 Å². The van der Waals surface area contributed by atoms with Crippen LogP contribution in [0.5, 0.6) is 5.75 Å². The third kappa shape index (κ3) is 6.59. The van der Waals surface area contributed by atoms with Crippen LogP contribution in [0.2, 0.25) is 0 Å². The van der Waals surface area contributed by atoms with E-state index in [4.69, 9.17) is 4.74 Å². The molecule has 0 aliphatic heterocycles. The Morgan fingerprint density at radius 2 is 1.72 bits per heavy atom. The van der Waals surface area contributed by atoms with Crippen molar-refractivity contribution >= 4 is 33.4 Å². The quantitative estimate of drug-likeness (QED) is 0.431. The Hall–Kier alpha value is -2.81. The molecule has 1 amide bonds. The number of carbonyl (C=O) groups is 1. The first kappa shape index (κ1) is 23.8. The molecule has 1 atom stereocenters.